The van der Waals surface area contributed by atoms with E-state index < -0.39 is 0 Å². The summed E-state index contributed by atoms with van der Waals surface area (Å²) in [6, 6.07) is 5.24. The Balaban J connectivity index is 1.80. The van der Waals surface area contributed by atoms with Gasteiger partial charge in [0.25, 0.3) is 0 Å². The Morgan fingerprint density at radius 1 is 1.39 bits per heavy atom. The van der Waals surface area contributed by atoms with Crippen molar-refractivity contribution in [2.24, 2.45) is 5.92 Å². The second-order valence-electron chi connectivity index (χ2n) is 5.03. The van der Waals surface area contributed by atoms with Crippen LogP contribution in [0.15, 0.2) is 18.3 Å². The third-order valence-corrected chi connectivity index (χ3v) is 3.80. The molecule has 18 heavy (non-hydrogen) atoms. The van der Waals surface area contributed by atoms with Crippen molar-refractivity contribution < 1.29 is 9.53 Å². The molecule has 4 nitrogen and oxygen atoms in total. The highest BCUT2D eigenvalue weighted by Gasteiger charge is 2.38. The molecular formula is C14H14N2O2. The standard InChI is InChI=1S/C14H14N2O2/c15-8-9-3-4-16-13(5-9)14(17)10-6-11-1-2-12(7-10)18-11/h3-5,10-12H,1-2,6-7H2. The van der Waals surface area contributed by atoms with Crippen molar-refractivity contribution in [3.8, 4) is 6.07 Å². The maximum absolute atomic E-state index is 12.4. The minimum absolute atomic E-state index is 0.0118. The Bertz CT molecular complexity index is 509. The summed E-state index contributed by atoms with van der Waals surface area (Å²) in [5, 5.41) is 8.84. The molecule has 2 unspecified atom stereocenters. The summed E-state index contributed by atoms with van der Waals surface area (Å²) in [7, 11) is 0. The first kappa shape index (κ1) is 11.4. The zero-order valence-corrected chi connectivity index (χ0v) is 10.0. The zero-order valence-electron chi connectivity index (χ0n) is 10.0. The maximum Gasteiger partial charge on any atom is 0.184 e. The Hall–Kier alpha value is -1.73. The largest absolute Gasteiger partial charge is 0.375 e. The minimum atomic E-state index is 0.0118. The van der Waals surface area contributed by atoms with E-state index in [1.165, 1.54) is 6.20 Å². The predicted octanol–water partition coefficient (Wildman–Crippen LogP) is 2.09. The van der Waals surface area contributed by atoms with Crippen LogP contribution in [0.4, 0.5) is 0 Å². The van der Waals surface area contributed by atoms with Gasteiger partial charge >= 0.3 is 0 Å². The SMILES string of the molecule is N#Cc1ccnc(C(=O)C2CC3CCC(C2)O3)c1. The Morgan fingerprint density at radius 2 is 2.11 bits per heavy atom. The van der Waals surface area contributed by atoms with Crippen molar-refractivity contribution in [2.75, 3.05) is 0 Å². The van der Waals surface area contributed by atoms with Crippen molar-refractivity contribution in [3.05, 3.63) is 29.6 Å². The summed E-state index contributed by atoms with van der Waals surface area (Å²) in [6.07, 6.45) is 5.76. The molecule has 0 N–H and O–H groups in total. The van der Waals surface area contributed by atoms with Gasteiger partial charge in [0.2, 0.25) is 0 Å². The summed E-state index contributed by atoms with van der Waals surface area (Å²) < 4.78 is 5.73. The highest BCUT2D eigenvalue weighted by atomic mass is 16.5. The first-order valence-corrected chi connectivity index (χ1v) is 6.32. The Labute approximate surface area is 106 Å². The molecule has 2 bridgehead atoms. The fraction of sp³-hybridized carbons (Fsp3) is 0.500. The number of fused-ring (bicyclic) bond motifs is 2. The molecule has 2 atom stereocenters. The van der Waals surface area contributed by atoms with E-state index in [9.17, 15) is 4.79 Å². The Kier molecular flexibility index (Phi) is 2.85. The predicted molar refractivity (Wildman–Crippen MR) is 63.9 cm³/mol. The molecule has 4 heteroatoms. The average molecular weight is 242 g/mol. The van der Waals surface area contributed by atoms with Gasteiger partial charge in [-0.05, 0) is 37.8 Å². The van der Waals surface area contributed by atoms with Crippen LogP contribution < -0.4 is 0 Å². The van der Waals surface area contributed by atoms with E-state index in [1.54, 1.807) is 12.1 Å². The van der Waals surface area contributed by atoms with Gasteiger partial charge in [0.1, 0.15) is 5.69 Å². The third kappa shape index (κ3) is 2.02. The number of hydrogen-bond acceptors (Lipinski definition) is 4. The summed E-state index contributed by atoms with van der Waals surface area (Å²) in [6.45, 7) is 0. The molecule has 2 aliphatic heterocycles. The maximum atomic E-state index is 12.4. The van der Waals surface area contributed by atoms with E-state index in [0.717, 1.165) is 25.7 Å². The number of rotatable bonds is 2. The Morgan fingerprint density at radius 3 is 2.78 bits per heavy atom. The molecule has 0 aromatic carbocycles. The molecule has 0 radical (unpaired) electrons. The quantitative estimate of drug-likeness (QED) is 0.745. The lowest BCUT2D eigenvalue weighted by Gasteiger charge is -2.27. The van der Waals surface area contributed by atoms with Crippen LogP contribution in [0.2, 0.25) is 0 Å². The molecule has 2 saturated heterocycles. The van der Waals surface area contributed by atoms with Gasteiger partial charge in [-0.1, -0.05) is 0 Å². The molecule has 0 aliphatic carbocycles. The second kappa shape index (κ2) is 4.51. The van der Waals surface area contributed by atoms with Gasteiger partial charge in [0.15, 0.2) is 5.78 Å². The normalized spacial score (nSPS) is 29.8. The van der Waals surface area contributed by atoms with Gasteiger partial charge in [-0.15, -0.1) is 0 Å². The average Bonchev–Trinajstić information content (AvgIpc) is 2.76. The van der Waals surface area contributed by atoms with E-state index in [-0.39, 0.29) is 23.9 Å². The summed E-state index contributed by atoms with van der Waals surface area (Å²) in [5.41, 5.74) is 0.906. The second-order valence-corrected chi connectivity index (χ2v) is 5.03. The first-order valence-electron chi connectivity index (χ1n) is 6.32. The number of pyridine rings is 1. The topological polar surface area (TPSA) is 63.0 Å². The summed E-state index contributed by atoms with van der Waals surface area (Å²) >= 11 is 0. The van der Waals surface area contributed by atoms with E-state index in [4.69, 9.17) is 10.00 Å². The molecule has 92 valence electrons. The van der Waals surface area contributed by atoms with Crippen LogP contribution >= 0.6 is 0 Å². The molecule has 2 aliphatic rings. The number of aromatic nitrogens is 1. The highest BCUT2D eigenvalue weighted by molar-refractivity contribution is 5.96. The molecule has 0 spiro atoms. The highest BCUT2D eigenvalue weighted by Crippen LogP contribution is 2.37. The summed E-state index contributed by atoms with van der Waals surface area (Å²) in [4.78, 5) is 16.5. The van der Waals surface area contributed by atoms with E-state index in [1.807, 2.05) is 6.07 Å². The van der Waals surface area contributed by atoms with Crippen LogP contribution in [0.3, 0.4) is 0 Å². The van der Waals surface area contributed by atoms with Crippen molar-refractivity contribution in [3.63, 3.8) is 0 Å². The minimum Gasteiger partial charge on any atom is -0.375 e. The molecule has 0 amide bonds. The van der Waals surface area contributed by atoms with Crippen LogP contribution in [-0.2, 0) is 4.74 Å². The van der Waals surface area contributed by atoms with Gasteiger partial charge in [-0.2, -0.15) is 5.26 Å². The van der Waals surface area contributed by atoms with E-state index >= 15 is 0 Å². The van der Waals surface area contributed by atoms with Crippen molar-refractivity contribution in [2.45, 2.75) is 37.9 Å². The number of Topliss-reactive ketones (excluding diaryl/α,β-unsaturated/α-hetero) is 1. The van der Waals surface area contributed by atoms with E-state index in [2.05, 4.69) is 4.98 Å². The number of nitriles is 1. The fourth-order valence-corrected chi connectivity index (χ4v) is 2.92. The van der Waals surface area contributed by atoms with Gasteiger partial charge in [-0.25, -0.2) is 0 Å². The van der Waals surface area contributed by atoms with Gasteiger partial charge in [-0.3, -0.25) is 9.78 Å². The number of carbonyl (C=O) groups is 1. The lowest BCUT2D eigenvalue weighted by molar-refractivity contribution is -0.0150. The molecule has 1 aromatic rings. The molecular weight excluding hydrogens is 228 g/mol. The smallest absolute Gasteiger partial charge is 0.184 e. The molecule has 2 fully saturated rings. The number of nitrogens with zero attached hydrogens (tertiary/aromatic N) is 2. The zero-order chi connectivity index (χ0) is 12.5. The van der Waals surface area contributed by atoms with Crippen LogP contribution in [-0.4, -0.2) is 23.0 Å². The van der Waals surface area contributed by atoms with Crippen LogP contribution in [0.25, 0.3) is 0 Å². The number of carbonyl (C=O) groups excluding carboxylic acids is 1. The molecule has 3 heterocycles. The van der Waals surface area contributed by atoms with Crippen molar-refractivity contribution in [1.29, 1.82) is 5.26 Å². The van der Waals surface area contributed by atoms with Gasteiger partial charge < -0.3 is 4.74 Å². The monoisotopic (exact) mass is 242 g/mol. The van der Waals surface area contributed by atoms with Crippen LogP contribution in [0.5, 0.6) is 0 Å². The number of ether oxygens (including phenoxy) is 1. The molecule has 1 aromatic heterocycles. The lowest BCUT2D eigenvalue weighted by atomic mass is 9.89. The van der Waals surface area contributed by atoms with Gasteiger partial charge in [0.05, 0.1) is 23.8 Å². The summed E-state index contributed by atoms with van der Waals surface area (Å²) in [5.74, 6) is 0.0741. The van der Waals surface area contributed by atoms with E-state index in [0.29, 0.717) is 11.3 Å². The molecule has 3 rings (SSSR count). The van der Waals surface area contributed by atoms with Crippen LogP contribution in [0, 0.1) is 17.2 Å². The molecule has 0 saturated carbocycles. The first-order chi connectivity index (χ1) is 8.76. The number of ketones is 1. The van der Waals surface area contributed by atoms with Crippen LogP contribution in [0.1, 0.15) is 41.7 Å². The third-order valence-electron chi connectivity index (χ3n) is 3.80. The fourth-order valence-electron chi connectivity index (χ4n) is 2.92. The van der Waals surface area contributed by atoms with Crippen molar-refractivity contribution >= 4 is 5.78 Å². The van der Waals surface area contributed by atoms with Gasteiger partial charge in [0, 0.05) is 12.1 Å². The van der Waals surface area contributed by atoms with Crippen molar-refractivity contribution in [1.82, 2.24) is 4.98 Å². The lowest BCUT2D eigenvalue weighted by Crippen LogP contribution is -2.30. The number of hydrogen-bond donors (Lipinski definition) is 0.